The van der Waals surface area contributed by atoms with Gasteiger partial charge < -0.3 is 0 Å². The molecular weight excluding hydrogens is 216 g/mol. The summed E-state index contributed by atoms with van der Waals surface area (Å²) in [5, 5.41) is 0. The normalized spacial score (nSPS) is 10.2. The quantitative estimate of drug-likeness (QED) is 0.873. The monoisotopic (exact) mass is 230 g/mol. The lowest BCUT2D eigenvalue weighted by atomic mass is 10.2. The largest absolute Gasteiger partial charge is 0.273 e. The third-order valence-electron chi connectivity index (χ3n) is 2.41. The summed E-state index contributed by atoms with van der Waals surface area (Å²) in [6.07, 6.45) is 5.69. The number of aromatic nitrogens is 3. The topological polar surface area (TPSA) is 59.8 Å². The molecule has 2 rings (SSSR count). The van der Waals surface area contributed by atoms with Crippen LogP contribution in [-0.4, -0.2) is 20.6 Å². The van der Waals surface area contributed by atoms with Gasteiger partial charge in [-0.05, 0) is 19.1 Å². The number of rotatable bonds is 3. The second kappa shape index (κ2) is 4.78. The fourth-order valence-electron chi connectivity index (χ4n) is 1.45. The van der Waals surface area contributed by atoms with Gasteiger partial charge in [-0.25, -0.2) is 9.66 Å². The fourth-order valence-corrected chi connectivity index (χ4v) is 1.45. The SMILES string of the molecule is CCC(=O)Nn1cc(-c2cccnc2)nc1C. The molecule has 5 heteroatoms. The minimum absolute atomic E-state index is 0.0387. The van der Waals surface area contributed by atoms with Crippen LogP contribution in [0.15, 0.2) is 30.7 Å². The van der Waals surface area contributed by atoms with Crippen molar-refractivity contribution in [3.8, 4) is 11.3 Å². The summed E-state index contributed by atoms with van der Waals surface area (Å²) in [5.74, 6) is 0.703. The first kappa shape index (κ1) is 11.3. The van der Waals surface area contributed by atoms with Crippen LogP contribution in [0.5, 0.6) is 0 Å². The molecule has 17 heavy (non-hydrogen) atoms. The third kappa shape index (κ3) is 2.50. The van der Waals surface area contributed by atoms with Crippen LogP contribution in [0.4, 0.5) is 0 Å². The number of hydrogen-bond donors (Lipinski definition) is 1. The molecule has 0 atom stereocenters. The van der Waals surface area contributed by atoms with E-state index in [1.54, 1.807) is 23.3 Å². The molecule has 0 aliphatic heterocycles. The number of aryl methyl sites for hydroxylation is 1. The fraction of sp³-hybridized carbons (Fsp3) is 0.250. The van der Waals surface area contributed by atoms with Gasteiger partial charge in [0.1, 0.15) is 5.82 Å². The van der Waals surface area contributed by atoms with E-state index in [-0.39, 0.29) is 5.91 Å². The molecule has 1 amide bonds. The van der Waals surface area contributed by atoms with E-state index in [1.165, 1.54) is 0 Å². The number of nitrogens with one attached hydrogen (secondary N) is 1. The van der Waals surface area contributed by atoms with Gasteiger partial charge in [0.2, 0.25) is 5.91 Å². The van der Waals surface area contributed by atoms with Gasteiger partial charge in [-0.15, -0.1) is 0 Å². The van der Waals surface area contributed by atoms with Crippen molar-refractivity contribution >= 4 is 5.91 Å². The highest BCUT2D eigenvalue weighted by molar-refractivity contribution is 5.83. The maximum Gasteiger partial charge on any atom is 0.238 e. The van der Waals surface area contributed by atoms with Crippen molar-refractivity contribution in [2.75, 3.05) is 5.43 Å². The number of hydrogen-bond acceptors (Lipinski definition) is 3. The van der Waals surface area contributed by atoms with Gasteiger partial charge in [0, 0.05) is 24.4 Å². The number of imidazole rings is 1. The van der Waals surface area contributed by atoms with Crippen LogP contribution in [0.1, 0.15) is 19.2 Å². The van der Waals surface area contributed by atoms with Crippen LogP contribution in [0.25, 0.3) is 11.3 Å². The van der Waals surface area contributed by atoms with Crippen LogP contribution in [0.2, 0.25) is 0 Å². The summed E-state index contributed by atoms with van der Waals surface area (Å²) in [6, 6.07) is 3.79. The van der Waals surface area contributed by atoms with Crippen molar-refractivity contribution in [1.82, 2.24) is 14.6 Å². The van der Waals surface area contributed by atoms with Gasteiger partial charge in [0.15, 0.2) is 0 Å². The van der Waals surface area contributed by atoms with Crippen LogP contribution in [-0.2, 0) is 4.79 Å². The molecular formula is C12H14N4O. The van der Waals surface area contributed by atoms with Crippen LogP contribution in [0.3, 0.4) is 0 Å². The van der Waals surface area contributed by atoms with E-state index in [0.29, 0.717) is 6.42 Å². The van der Waals surface area contributed by atoms with Crippen molar-refractivity contribution in [1.29, 1.82) is 0 Å². The second-order valence-corrected chi connectivity index (χ2v) is 3.67. The summed E-state index contributed by atoms with van der Waals surface area (Å²) in [5.41, 5.74) is 4.47. The zero-order valence-electron chi connectivity index (χ0n) is 9.84. The maximum absolute atomic E-state index is 11.3. The standard InChI is InChI=1S/C12H14N4O/c1-3-12(17)15-16-8-11(14-9(16)2)10-5-4-6-13-7-10/h4-8H,3H2,1-2H3,(H,15,17). The highest BCUT2D eigenvalue weighted by Gasteiger charge is 2.07. The highest BCUT2D eigenvalue weighted by Crippen LogP contribution is 2.16. The zero-order valence-corrected chi connectivity index (χ0v) is 9.84. The van der Waals surface area contributed by atoms with E-state index in [4.69, 9.17) is 0 Å². The molecule has 0 fully saturated rings. The Morgan fingerprint density at radius 1 is 1.53 bits per heavy atom. The lowest BCUT2D eigenvalue weighted by molar-refractivity contribution is -0.116. The van der Waals surface area contributed by atoms with Gasteiger partial charge >= 0.3 is 0 Å². The van der Waals surface area contributed by atoms with Crippen molar-refractivity contribution in [3.63, 3.8) is 0 Å². The second-order valence-electron chi connectivity index (χ2n) is 3.67. The predicted octanol–water partition coefficient (Wildman–Crippen LogP) is 1.73. The Hall–Kier alpha value is -2.17. The smallest absolute Gasteiger partial charge is 0.238 e. The molecule has 0 saturated carbocycles. The van der Waals surface area contributed by atoms with E-state index < -0.39 is 0 Å². The summed E-state index contributed by atoms with van der Waals surface area (Å²) in [4.78, 5) is 19.7. The number of carbonyl (C=O) groups excluding carboxylic acids is 1. The summed E-state index contributed by atoms with van der Waals surface area (Å²) < 4.78 is 1.63. The van der Waals surface area contributed by atoms with Gasteiger partial charge in [0.05, 0.1) is 11.9 Å². The number of nitrogens with zero attached hydrogens (tertiary/aromatic N) is 3. The maximum atomic E-state index is 11.3. The third-order valence-corrected chi connectivity index (χ3v) is 2.41. The van der Waals surface area contributed by atoms with Gasteiger partial charge in [-0.2, -0.15) is 0 Å². The Labute approximate surface area is 99.5 Å². The molecule has 0 saturated heterocycles. The van der Waals surface area contributed by atoms with E-state index in [9.17, 15) is 4.79 Å². The molecule has 0 aliphatic rings. The number of carbonyl (C=O) groups is 1. The Bertz CT molecular complexity index is 519. The molecule has 0 aliphatic carbocycles. The molecule has 1 N–H and O–H groups in total. The van der Waals surface area contributed by atoms with Crippen LogP contribution < -0.4 is 5.43 Å². The predicted molar refractivity (Wildman–Crippen MR) is 64.9 cm³/mol. The molecule has 2 aromatic rings. The van der Waals surface area contributed by atoms with E-state index in [0.717, 1.165) is 17.1 Å². The summed E-state index contributed by atoms with van der Waals surface area (Å²) in [7, 11) is 0. The molecule has 88 valence electrons. The number of amides is 1. The van der Waals surface area contributed by atoms with Crippen molar-refractivity contribution < 1.29 is 4.79 Å². The minimum atomic E-state index is -0.0387. The average molecular weight is 230 g/mol. The molecule has 0 spiro atoms. The Morgan fingerprint density at radius 3 is 3.00 bits per heavy atom. The van der Waals surface area contributed by atoms with E-state index in [2.05, 4.69) is 15.4 Å². The summed E-state index contributed by atoms with van der Waals surface area (Å²) >= 11 is 0. The number of pyridine rings is 1. The van der Waals surface area contributed by atoms with Crippen molar-refractivity contribution in [2.45, 2.75) is 20.3 Å². The van der Waals surface area contributed by atoms with Crippen molar-refractivity contribution in [3.05, 3.63) is 36.5 Å². The molecule has 0 unspecified atom stereocenters. The van der Waals surface area contributed by atoms with Crippen LogP contribution >= 0.6 is 0 Å². The molecule has 5 nitrogen and oxygen atoms in total. The Balaban J connectivity index is 2.28. The Morgan fingerprint density at radius 2 is 2.35 bits per heavy atom. The first-order chi connectivity index (χ1) is 8.20. The highest BCUT2D eigenvalue weighted by atomic mass is 16.2. The zero-order chi connectivity index (χ0) is 12.3. The van der Waals surface area contributed by atoms with E-state index in [1.807, 2.05) is 26.0 Å². The first-order valence-corrected chi connectivity index (χ1v) is 5.47. The Kier molecular flexibility index (Phi) is 3.18. The van der Waals surface area contributed by atoms with Crippen molar-refractivity contribution in [2.24, 2.45) is 0 Å². The lowest BCUT2D eigenvalue weighted by Crippen LogP contribution is -2.21. The molecule has 0 bridgehead atoms. The van der Waals surface area contributed by atoms with Gasteiger partial charge in [-0.1, -0.05) is 6.92 Å². The lowest BCUT2D eigenvalue weighted by Gasteiger charge is -2.04. The molecule has 0 radical (unpaired) electrons. The summed E-state index contributed by atoms with van der Waals surface area (Å²) in [6.45, 7) is 3.65. The minimum Gasteiger partial charge on any atom is -0.273 e. The molecule has 0 aromatic carbocycles. The molecule has 2 heterocycles. The van der Waals surface area contributed by atoms with E-state index >= 15 is 0 Å². The van der Waals surface area contributed by atoms with Gasteiger partial charge in [0.25, 0.3) is 0 Å². The van der Waals surface area contributed by atoms with Crippen LogP contribution in [0, 0.1) is 6.92 Å². The molecule has 2 aromatic heterocycles. The average Bonchev–Trinajstić information content (AvgIpc) is 2.72. The first-order valence-electron chi connectivity index (χ1n) is 5.47. The van der Waals surface area contributed by atoms with Gasteiger partial charge in [-0.3, -0.25) is 15.2 Å².